The molecule has 7 nitrogen and oxygen atoms in total. The minimum atomic E-state index is -4.78. The average Bonchev–Trinajstić information content (AvgIpc) is 3.03. The van der Waals surface area contributed by atoms with Crippen molar-refractivity contribution in [2.24, 2.45) is 0 Å². The zero-order valence-electron chi connectivity index (χ0n) is 25.4. The molecule has 2 amide bonds. The fourth-order valence-electron chi connectivity index (χ4n) is 4.86. The number of benzene rings is 4. The van der Waals surface area contributed by atoms with E-state index in [0.29, 0.717) is 15.9 Å². The van der Waals surface area contributed by atoms with Crippen molar-refractivity contribution in [2.75, 3.05) is 10.8 Å². The van der Waals surface area contributed by atoms with Gasteiger partial charge in [-0.3, -0.25) is 13.9 Å². The first kappa shape index (κ1) is 35.8. The van der Waals surface area contributed by atoms with E-state index in [1.165, 1.54) is 47.4 Å². The number of carbonyl (C=O) groups excluding carboxylic acids is 2. The maximum absolute atomic E-state index is 14.4. The van der Waals surface area contributed by atoms with Crippen molar-refractivity contribution in [3.63, 3.8) is 0 Å². The normalized spacial score (nSPS) is 12.4. The van der Waals surface area contributed by atoms with Crippen LogP contribution >= 0.6 is 23.2 Å². The number of hydrogen-bond acceptors (Lipinski definition) is 4. The van der Waals surface area contributed by atoms with Crippen molar-refractivity contribution in [3.05, 3.63) is 130 Å². The maximum atomic E-state index is 14.4. The van der Waals surface area contributed by atoms with Gasteiger partial charge in [-0.2, -0.15) is 13.2 Å². The van der Waals surface area contributed by atoms with E-state index >= 15 is 0 Å². The molecule has 1 N–H and O–H groups in total. The van der Waals surface area contributed by atoms with E-state index in [1.807, 2.05) is 0 Å². The lowest BCUT2D eigenvalue weighted by molar-refractivity contribution is -0.140. The topological polar surface area (TPSA) is 86.8 Å². The Hall–Kier alpha value is -4.06. The zero-order valence-corrected chi connectivity index (χ0v) is 27.7. The third kappa shape index (κ3) is 9.27. The van der Waals surface area contributed by atoms with Gasteiger partial charge < -0.3 is 10.2 Å². The molecule has 0 spiro atoms. The summed E-state index contributed by atoms with van der Waals surface area (Å²) in [5, 5.41) is 3.29. The Morgan fingerprint density at radius 1 is 0.809 bits per heavy atom. The molecule has 0 aromatic heterocycles. The highest BCUT2D eigenvalue weighted by molar-refractivity contribution is 7.92. The van der Waals surface area contributed by atoms with Gasteiger partial charge in [0.15, 0.2) is 0 Å². The number of sulfonamides is 1. The van der Waals surface area contributed by atoms with E-state index in [9.17, 15) is 31.2 Å². The smallest absolute Gasteiger partial charge is 0.352 e. The Balaban J connectivity index is 1.85. The molecule has 0 saturated carbocycles. The van der Waals surface area contributed by atoms with E-state index in [0.717, 1.165) is 17.7 Å². The summed E-state index contributed by atoms with van der Waals surface area (Å²) in [6.45, 7) is 2.40. The highest BCUT2D eigenvalue weighted by atomic mass is 35.5. The largest absolute Gasteiger partial charge is 0.416 e. The molecule has 0 aliphatic rings. The zero-order chi connectivity index (χ0) is 34.4. The van der Waals surface area contributed by atoms with E-state index in [1.54, 1.807) is 56.3 Å². The number of halogens is 5. The van der Waals surface area contributed by atoms with Crippen molar-refractivity contribution in [2.45, 2.75) is 50.0 Å². The van der Waals surface area contributed by atoms with Crippen molar-refractivity contribution >= 4 is 50.7 Å². The second kappa shape index (κ2) is 15.2. The number of carbonyl (C=O) groups is 2. The summed E-state index contributed by atoms with van der Waals surface area (Å²) < 4.78 is 69.8. The number of amides is 2. The van der Waals surface area contributed by atoms with E-state index in [2.05, 4.69) is 5.32 Å². The summed E-state index contributed by atoms with van der Waals surface area (Å²) in [6.07, 6.45) is -4.72. The predicted molar refractivity (Wildman–Crippen MR) is 177 cm³/mol. The standard InChI is InChI=1S/C34H32Cl2F3N3O4S/c1-23(2)40-33(44)31(19-24-10-5-3-6-11-24)41(21-25-16-17-29(35)30(36)18-25)32(43)22-42(47(45,46)28-14-7-4-8-15-28)27-13-9-12-26(20-27)34(37,38)39/h3-18,20,23,31H,19,21-22H2,1-2H3,(H,40,44). The molecule has 13 heteroatoms. The number of nitrogens with zero attached hydrogens (tertiary/aromatic N) is 2. The van der Waals surface area contributed by atoms with Gasteiger partial charge in [0.05, 0.1) is 26.2 Å². The minimum Gasteiger partial charge on any atom is -0.352 e. The van der Waals surface area contributed by atoms with Crippen LogP contribution in [0.5, 0.6) is 0 Å². The average molecular weight is 707 g/mol. The Kier molecular flexibility index (Phi) is 11.6. The van der Waals surface area contributed by atoms with Crippen LogP contribution in [0.3, 0.4) is 0 Å². The van der Waals surface area contributed by atoms with Gasteiger partial charge in [-0.1, -0.05) is 83.9 Å². The highest BCUT2D eigenvalue weighted by Gasteiger charge is 2.36. The quantitative estimate of drug-likeness (QED) is 0.167. The van der Waals surface area contributed by atoms with Crippen molar-refractivity contribution in [1.29, 1.82) is 0 Å². The SMILES string of the molecule is CC(C)NC(=O)C(Cc1ccccc1)N(Cc1ccc(Cl)c(Cl)c1)C(=O)CN(c1cccc(C(F)(F)F)c1)S(=O)(=O)c1ccccc1. The van der Waals surface area contributed by atoms with Gasteiger partial charge in [0.25, 0.3) is 10.0 Å². The number of anilines is 1. The Morgan fingerprint density at radius 2 is 1.45 bits per heavy atom. The minimum absolute atomic E-state index is 0.0570. The monoisotopic (exact) mass is 705 g/mol. The van der Waals surface area contributed by atoms with Crippen molar-refractivity contribution in [1.82, 2.24) is 10.2 Å². The molecule has 4 rings (SSSR count). The summed E-state index contributed by atoms with van der Waals surface area (Å²) >= 11 is 12.4. The summed E-state index contributed by atoms with van der Waals surface area (Å²) in [6, 6.07) is 22.9. The molecule has 1 unspecified atom stereocenters. The van der Waals surface area contributed by atoms with Gasteiger partial charge in [0.2, 0.25) is 11.8 Å². The molecule has 47 heavy (non-hydrogen) atoms. The second-order valence-corrected chi connectivity index (χ2v) is 13.7. The molecule has 1 atom stereocenters. The highest BCUT2D eigenvalue weighted by Crippen LogP contribution is 2.33. The molecule has 0 aliphatic heterocycles. The lowest BCUT2D eigenvalue weighted by Crippen LogP contribution is -2.54. The second-order valence-electron chi connectivity index (χ2n) is 11.0. The van der Waals surface area contributed by atoms with Gasteiger partial charge in [0, 0.05) is 19.0 Å². The van der Waals surface area contributed by atoms with E-state index < -0.39 is 46.2 Å². The fourth-order valence-corrected chi connectivity index (χ4v) is 6.60. The summed E-state index contributed by atoms with van der Waals surface area (Å²) in [7, 11) is -4.57. The molecule has 248 valence electrons. The van der Waals surface area contributed by atoms with Gasteiger partial charge in [0.1, 0.15) is 12.6 Å². The van der Waals surface area contributed by atoms with Crippen LogP contribution in [0.2, 0.25) is 10.0 Å². The molecule has 0 radical (unpaired) electrons. The molecule has 0 fully saturated rings. The molecular formula is C34H32Cl2F3N3O4S. The lowest BCUT2D eigenvalue weighted by Gasteiger charge is -2.34. The van der Waals surface area contributed by atoms with Crippen molar-refractivity contribution < 1.29 is 31.2 Å². The van der Waals surface area contributed by atoms with Gasteiger partial charge >= 0.3 is 6.18 Å². The van der Waals surface area contributed by atoms with Gasteiger partial charge in [-0.25, -0.2) is 8.42 Å². The van der Waals surface area contributed by atoms with Gasteiger partial charge in [-0.05, 0) is 67.4 Å². The molecule has 4 aromatic carbocycles. The third-order valence-corrected chi connectivity index (χ3v) is 9.64. The first-order chi connectivity index (χ1) is 22.2. The molecule has 0 heterocycles. The van der Waals surface area contributed by atoms with Gasteiger partial charge in [-0.15, -0.1) is 0 Å². The first-order valence-electron chi connectivity index (χ1n) is 14.5. The molecule has 0 aliphatic carbocycles. The summed E-state index contributed by atoms with van der Waals surface area (Å²) in [5.74, 6) is -1.35. The summed E-state index contributed by atoms with van der Waals surface area (Å²) in [5.41, 5.74) is -0.269. The molecule has 4 aromatic rings. The molecular weight excluding hydrogens is 674 g/mol. The first-order valence-corrected chi connectivity index (χ1v) is 16.7. The van der Waals surface area contributed by atoms with E-state index in [-0.39, 0.29) is 39.6 Å². The molecule has 0 saturated heterocycles. The van der Waals surface area contributed by atoms with Crippen molar-refractivity contribution in [3.8, 4) is 0 Å². The maximum Gasteiger partial charge on any atom is 0.416 e. The fraction of sp³-hybridized carbons (Fsp3) is 0.235. The third-order valence-electron chi connectivity index (χ3n) is 7.11. The van der Waals surface area contributed by atoms with Crippen LogP contribution in [-0.2, 0) is 38.8 Å². The van der Waals surface area contributed by atoms with Crippen LogP contribution in [0.15, 0.2) is 108 Å². The number of hydrogen-bond donors (Lipinski definition) is 1. The van der Waals surface area contributed by atoms with Crippen LogP contribution in [0.25, 0.3) is 0 Å². The van der Waals surface area contributed by atoms with E-state index in [4.69, 9.17) is 23.2 Å². The Labute approximate surface area is 282 Å². The summed E-state index contributed by atoms with van der Waals surface area (Å²) in [4.78, 5) is 29.1. The predicted octanol–water partition coefficient (Wildman–Crippen LogP) is 7.37. The lowest BCUT2D eigenvalue weighted by atomic mass is 10.0. The molecule has 0 bridgehead atoms. The Bertz CT molecular complexity index is 1810. The Morgan fingerprint density at radius 3 is 2.04 bits per heavy atom. The van der Waals surface area contributed by atoms with Crippen LogP contribution in [0, 0.1) is 0 Å². The number of rotatable bonds is 12. The van der Waals surface area contributed by atoms with Crippen LogP contribution in [-0.4, -0.2) is 43.8 Å². The number of alkyl halides is 3. The van der Waals surface area contributed by atoms with Crippen LogP contribution in [0.1, 0.15) is 30.5 Å². The van der Waals surface area contributed by atoms with Crippen LogP contribution in [0.4, 0.5) is 18.9 Å². The number of nitrogens with one attached hydrogen (secondary N) is 1. The van der Waals surface area contributed by atoms with Crippen LogP contribution < -0.4 is 9.62 Å².